The number of carbonyl (C=O) groups is 2. The summed E-state index contributed by atoms with van der Waals surface area (Å²) in [5.74, 6) is -0.191. The number of rotatable bonds is 4. The number of aliphatic hydroxyl groups is 1. The molecule has 2 aliphatic rings. The van der Waals surface area contributed by atoms with Crippen molar-refractivity contribution >= 4 is 11.8 Å². The summed E-state index contributed by atoms with van der Waals surface area (Å²) in [6.07, 6.45) is 1.32. The number of fused-ring (bicyclic) bond motifs is 1. The van der Waals surface area contributed by atoms with Gasteiger partial charge in [0.25, 0.3) is 0 Å². The van der Waals surface area contributed by atoms with Crippen LogP contribution in [-0.2, 0) is 9.59 Å². The van der Waals surface area contributed by atoms with Gasteiger partial charge in [0.05, 0.1) is 11.8 Å². The quantitative estimate of drug-likeness (QED) is 0.720. The first-order valence-corrected chi connectivity index (χ1v) is 5.90. The minimum absolute atomic E-state index is 0.00885. The molecule has 0 aromatic heterocycles. The zero-order valence-corrected chi connectivity index (χ0v) is 10.1. The molecule has 0 aromatic carbocycles. The molecular weight excluding hydrogens is 206 g/mol. The van der Waals surface area contributed by atoms with Gasteiger partial charge >= 0.3 is 0 Å². The second kappa shape index (κ2) is 3.55. The van der Waals surface area contributed by atoms with Gasteiger partial charge in [0.1, 0.15) is 0 Å². The average molecular weight is 225 g/mol. The van der Waals surface area contributed by atoms with E-state index in [1.54, 1.807) is 0 Å². The maximum Gasteiger partial charge on any atom is 0.233 e. The van der Waals surface area contributed by atoms with Crippen LogP contribution in [0.15, 0.2) is 0 Å². The van der Waals surface area contributed by atoms with E-state index in [-0.39, 0.29) is 41.7 Å². The van der Waals surface area contributed by atoms with Crippen LogP contribution in [0.2, 0.25) is 0 Å². The summed E-state index contributed by atoms with van der Waals surface area (Å²) >= 11 is 0. The number of aliphatic hydroxyl groups excluding tert-OH is 1. The molecular formula is C12H19NO3. The van der Waals surface area contributed by atoms with E-state index < -0.39 is 0 Å². The zero-order chi connectivity index (χ0) is 12.1. The number of amides is 2. The Morgan fingerprint density at radius 2 is 1.81 bits per heavy atom. The molecule has 1 saturated heterocycles. The van der Waals surface area contributed by atoms with Crippen molar-refractivity contribution < 1.29 is 14.7 Å². The molecule has 1 aliphatic heterocycles. The predicted molar refractivity (Wildman–Crippen MR) is 58.4 cm³/mol. The molecule has 1 heterocycles. The molecule has 4 heteroatoms. The second-order valence-electron chi connectivity index (χ2n) is 5.54. The molecule has 0 radical (unpaired) electrons. The first kappa shape index (κ1) is 11.6. The van der Waals surface area contributed by atoms with Crippen LogP contribution in [0, 0.1) is 17.3 Å². The number of hydrogen-bond donors (Lipinski definition) is 1. The van der Waals surface area contributed by atoms with Crippen molar-refractivity contribution in [2.45, 2.75) is 39.7 Å². The smallest absolute Gasteiger partial charge is 0.233 e. The molecule has 1 N–H and O–H groups in total. The Balaban J connectivity index is 2.05. The molecule has 3 unspecified atom stereocenters. The van der Waals surface area contributed by atoms with Crippen molar-refractivity contribution in [3.05, 3.63) is 0 Å². The molecule has 1 saturated carbocycles. The van der Waals surface area contributed by atoms with Gasteiger partial charge in [0.2, 0.25) is 11.8 Å². The lowest BCUT2D eigenvalue weighted by Crippen LogP contribution is -2.42. The van der Waals surface area contributed by atoms with Crippen LogP contribution in [-0.4, -0.2) is 34.5 Å². The van der Waals surface area contributed by atoms with E-state index in [1.807, 2.05) is 20.8 Å². The molecule has 2 rings (SSSR count). The van der Waals surface area contributed by atoms with Crippen LogP contribution in [0.3, 0.4) is 0 Å². The van der Waals surface area contributed by atoms with Crippen molar-refractivity contribution in [1.82, 2.24) is 4.90 Å². The molecule has 0 spiro atoms. The highest BCUT2D eigenvalue weighted by Crippen LogP contribution is 2.63. The molecule has 90 valence electrons. The Morgan fingerprint density at radius 3 is 2.25 bits per heavy atom. The van der Waals surface area contributed by atoms with Crippen LogP contribution < -0.4 is 0 Å². The molecule has 16 heavy (non-hydrogen) atoms. The third kappa shape index (κ3) is 1.39. The Morgan fingerprint density at radius 1 is 1.31 bits per heavy atom. The van der Waals surface area contributed by atoms with Crippen LogP contribution in [0.4, 0.5) is 0 Å². The first-order valence-electron chi connectivity index (χ1n) is 5.90. The number of carbonyl (C=O) groups excluding carboxylic acids is 2. The molecule has 0 aromatic rings. The largest absolute Gasteiger partial charge is 0.396 e. The summed E-state index contributed by atoms with van der Waals surface area (Å²) < 4.78 is 0. The van der Waals surface area contributed by atoms with Gasteiger partial charge in [-0.05, 0) is 25.2 Å². The van der Waals surface area contributed by atoms with Gasteiger partial charge in [-0.2, -0.15) is 0 Å². The lowest BCUT2D eigenvalue weighted by atomic mass is 10.0. The summed E-state index contributed by atoms with van der Waals surface area (Å²) in [5.41, 5.74) is -0.124. The van der Waals surface area contributed by atoms with E-state index in [4.69, 9.17) is 5.11 Å². The number of nitrogens with zero attached hydrogens (tertiary/aromatic N) is 1. The van der Waals surface area contributed by atoms with Crippen molar-refractivity contribution in [2.75, 3.05) is 6.61 Å². The molecule has 2 fully saturated rings. The average Bonchev–Trinajstić information content (AvgIpc) is 2.65. The monoisotopic (exact) mass is 225 g/mol. The fourth-order valence-corrected chi connectivity index (χ4v) is 2.92. The molecule has 4 nitrogen and oxygen atoms in total. The topological polar surface area (TPSA) is 57.6 Å². The predicted octanol–water partition coefficient (Wildman–Crippen LogP) is 0.788. The lowest BCUT2D eigenvalue weighted by molar-refractivity contribution is -0.145. The standard InChI is InChI=1S/C12H19NO3/c1-7(5-4-6-14)13-10(15)8-9(11(13)16)12(8,2)3/h7-9,14H,4-6H2,1-3H3. The molecule has 1 aliphatic carbocycles. The van der Waals surface area contributed by atoms with Gasteiger partial charge in [-0.25, -0.2) is 0 Å². The van der Waals surface area contributed by atoms with E-state index in [2.05, 4.69) is 0 Å². The SMILES string of the molecule is CC(CCCO)N1C(=O)C2C(C1=O)C2(C)C. The van der Waals surface area contributed by atoms with Crippen LogP contribution in [0.5, 0.6) is 0 Å². The normalized spacial score (nSPS) is 32.9. The molecule has 2 amide bonds. The highest BCUT2D eigenvalue weighted by molar-refractivity contribution is 6.10. The number of piperidine rings is 1. The van der Waals surface area contributed by atoms with Gasteiger partial charge in [-0.1, -0.05) is 13.8 Å². The summed E-state index contributed by atoms with van der Waals surface area (Å²) in [5, 5.41) is 8.75. The van der Waals surface area contributed by atoms with Crippen LogP contribution >= 0.6 is 0 Å². The van der Waals surface area contributed by atoms with Gasteiger partial charge in [-0.3, -0.25) is 14.5 Å². The zero-order valence-electron chi connectivity index (χ0n) is 10.1. The minimum Gasteiger partial charge on any atom is -0.396 e. The van der Waals surface area contributed by atoms with E-state index in [9.17, 15) is 9.59 Å². The van der Waals surface area contributed by atoms with Gasteiger partial charge in [-0.15, -0.1) is 0 Å². The van der Waals surface area contributed by atoms with Crippen molar-refractivity contribution in [1.29, 1.82) is 0 Å². The van der Waals surface area contributed by atoms with Crippen molar-refractivity contribution in [2.24, 2.45) is 17.3 Å². The Hall–Kier alpha value is -0.900. The van der Waals surface area contributed by atoms with E-state index in [0.29, 0.717) is 12.8 Å². The highest BCUT2D eigenvalue weighted by atomic mass is 16.3. The Labute approximate surface area is 95.6 Å². The Bertz CT molecular complexity index is 313. The van der Waals surface area contributed by atoms with E-state index in [1.165, 1.54) is 4.90 Å². The molecule has 0 bridgehead atoms. The van der Waals surface area contributed by atoms with Crippen LogP contribution in [0.25, 0.3) is 0 Å². The molecule has 3 atom stereocenters. The minimum atomic E-state index is -0.124. The summed E-state index contributed by atoms with van der Waals surface area (Å²) in [7, 11) is 0. The maximum atomic E-state index is 12.0. The van der Waals surface area contributed by atoms with Gasteiger partial charge < -0.3 is 5.11 Å². The third-order valence-electron chi connectivity index (χ3n) is 4.06. The van der Waals surface area contributed by atoms with E-state index in [0.717, 1.165) is 0 Å². The maximum absolute atomic E-state index is 12.0. The Kier molecular flexibility index (Phi) is 2.57. The summed E-state index contributed by atoms with van der Waals surface area (Å²) in [6.45, 7) is 5.95. The fourth-order valence-electron chi connectivity index (χ4n) is 2.92. The van der Waals surface area contributed by atoms with Gasteiger partial charge in [0.15, 0.2) is 0 Å². The number of hydrogen-bond acceptors (Lipinski definition) is 3. The number of likely N-dealkylation sites (tertiary alicyclic amines) is 1. The second-order valence-corrected chi connectivity index (χ2v) is 5.54. The van der Waals surface area contributed by atoms with Crippen molar-refractivity contribution in [3.8, 4) is 0 Å². The van der Waals surface area contributed by atoms with Crippen molar-refractivity contribution in [3.63, 3.8) is 0 Å². The fraction of sp³-hybridized carbons (Fsp3) is 0.833. The first-order chi connectivity index (χ1) is 7.42. The summed E-state index contributed by atoms with van der Waals surface area (Å²) in [4.78, 5) is 25.5. The summed E-state index contributed by atoms with van der Waals surface area (Å²) in [6, 6.07) is -0.0734. The highest BCUT2D eigenvalue weighted by Gasteiger charge is 2.72. The van der Waals surface area contributed by atoms with E-state index >= 15 is 0 Å². The third-order valence-corrected chi connectivity index (χ3v) is 4.06. The lowest BCUT2D eigenvalue weighted by Gasteiger charge is -2.26. The van der Waals surface area contributed by atoms with Gasteiger partial charge in [0, 0.05) is 12.6 Å². The number of imide groups is 1. The van der Waals surface area contributed by atoms with Crippen LogP contribution in [0.1, 0.15) is 33.6 Å².